The maximum Gasteiger partial charge on any atom is 0.268 e. The van der Waals surface area contributed by atoms with Crippen LogP contribution in [0.5, 0.6) is 0 Å². The molecular weight excluding hydrogens is 444 g/mol. The van der Waals surface area contributed by atoms with Crippen molar-refractivity contribution in [1.82, 2.24) is 9.29 Å². The summed E-state index contributed by atoms with van der Waals surface area (Å²) in [4.78, 5) is 12.0. The van der Waals surface area contributed by atoms with Gasteiger partial charge in [0.15, 0.2) is 0 Å². The number of aryl methyl sites for hydroxylation is 1. The van der Waals surface area contributed by atoms with Gasteiger partial charge in [0, 0.05) is 29.0 Å². The van der Waals surface area contributed by atoms with Crippen LogP contribution < -0.4 is 5.32 Å². The summed E-state index contributed by atoms with van der Waals surface area (Å²) >= 11 is 0. The molecule has 1 aromatic heterocycles. The molecule has 2 aliphatic carbocycles. The average molecular weight is 477 g/mol. The Morgan fingerprint density at radius 1 is 1.12 bits per heavy atom. The van der Waals surface area contributed by atoms with E-state index in [1.807, 2.05) is 43.5 Å². The third kappa shape index (κ3) is 3.04. The maximum atomic E-state index is 13.8. The fourth-order valence-electron chi connectivity index (χ4n) is 6.55. The highest BCUT2D eigenvalue weighted by molar-refractivity contribution is 7.90. The van der Waals surface area contributed by atoms with Crippen LogP contribution in [-0.2, 0) is 20.2 Å². The fourth-order valence-corrected chi connectivity index (χ4v) is 7.92. The van der Waals surface area contributed by atoms with Crippen molar-refractivity contribution < 1.29 is 13.2 Å². The number of nitrogens with one attached hydrogen (secondary N) is 1. The first kappa shape index (κ1) is 22.9. The number of rotatable bonds is 5. The lowest BCUT2D eigenvalue weighted by Gasteiger charge is -2.55. The van der Waals surface area contributed by atoms with E-state index in [-0.39, 0.29) is 33.6 Å². The number of carbonyl (C=O) groups excluding carboxylic acids is 1. The molecule has 1 fully saturated rings. The second-order valence-corrected chi connectivity index (χ2v) is 12.6. The van der Waals surface area contributed by atoms with Crippen LogP contribution in [0.25, 0.3) is 10.9 Å². The van der Waals surface area contributed by atoms with E-state index in [9.17, 15) is 13.2 Å². The minimum absolute atomic E-state index is 0.0242. The van der Waals surface area contributed by atoms with Gasteiger partial charge in [-0.05, 0) is 60.4 Å². The zero-order valence-corrected chi connectivity index (χ0v) is 21.0. The number of carbonyl (C=O) groups is 1. The van der Waals surface area contributed by atoms with Gasteiger partial charge in [-0.25, -0.2) is 12.4 Å². The molecule has 1 saturated carbocycles. The first-order valence-electron chi connectivity index (χ1n) is 11.9. The summed E-state index contributed by atoms with van der Waals surface area (Å²) in [7, 11) is -3.79. The lowest BCUT2D eigenvalue weighted by Crippen LogP contribution is -2.55. The molecule has 0 bridgehead atoms. The van der Waals surface area contributed by atoms with Crippen LogP contribution in [0.1, 0.15) is 56.2 Å². The Kier molecular flexibility index (Phi) is 5.10. The molecule has 5 rings (SSSR count). The maximum absolute atomic E-state index is 13.8. The predicted molar refractivity (Wildman–Crippen MR) is 135 cm³/mol. The van der Waals surface area contributed by atoms with Crippen molar-refractivity contribution in [2.24, 2.45) is 11.3 Å². The normalized spacial score (nSPS) is 27.7. The van der Waals surface area contributed by atoms with Gasteiger partial charge in [-0.2, -0.15) is 0 Å². The van der Waals surface area contributed by atoms with Crippen LogP contribution in [0.3, 0.4) is 0 Å². The highest BCUT2D eigenvalue weighted by Gasteiger charge is 2.54. The predicted octanol–water partition coefficient (Wildman–Crippen LogP) is 5.28. The minimum atomic E-state index is -3.79. The van der Waals surface area contributed by atoms with E-state index in [4.69, 9.17) is 0 Å². The molecular formula is C28H32N2O3S. The molecule has 34 heavy (non-hydrogen) atoms. The van der Waals surface area contributed by atoms with Gasteiger partial charge in [0.25, 0.3) is 10.0 Å². The van der Waals surface area contributed by atoms with Crippen molar-refractivity contribution in [3.8, 4) is 0 Å². The van der Waals surface area contributed by atoms with Gasteiger partial charge in [0.1, 0.15) is 0 Å². The molecule has 0 unspecified atom stereocenters. The van der Waals surface area contributed by atoms with Gasteiger partial charge >= 0.3 is 0 Å². The zero-order valence-electron chi connectivity index (χ0n) is 20.2. The van der Waals surface area contributed by atoms with Gasteiger partial charge in [-0.3, -0.25) is 4.79 Å². The molecule has 4 atom stereocenters. The molecule has 0 spiro atoms. The molecule has 6 heteroatoms. The lowest BCUT2D eigenvalue weighted by molar-refractivity contribution is -0.111. The number of benzene rings is 2. The Bertz CT molecular complexity index is 1400. The number of nitrogens with zero attached hydrogens (tertiary/aromatic N) is 1. The van der Waals surface area contributed by atoms with Crippen molar-refractivity contribution in [1.29, 1.82) is 0 Å². The number of hydrogen-bond acceptors (Lipinski definition) is 3. The summed E-state index contributed by atoms with van der Waals surface area (Å²) in [5.41, 5.74) is 3.41. The van der Waals surface area contributed by atoms with E-state index in [0.717, 1.165) is 35.8 Å². The van der Waals surface area contributed by atoms with E-state index < -0.39 is 10.0 Å². The van der Waals surface area contributed by atoms with E-state index in [2.05, 4.69) is 38.7 Å². The Morgan fingerprint density at radius 3 is 2.47 bits per heavy atom. The standard InChI is InChI=1S/C28H32N2O3S/c1-6-28(5)15-14-22-25(26(28)29-17-31)20-16-30(34(32,33)19-12-10-18(2)11-13-19)23-9-7-8-21(24(20)23)27(22,3)4/h6-13,16-17,22,25-26H,1,14-15H2,2-5H3,(H,29,31)/t22-,25+,26+,28+/m1/s1. The van der Waals surface area contributed by atoms with Crippen LogP contribution in [0.2, 0.25) is 0 Å². The van der Waals surface area contributed by atoms with Gasteiger partial charge in [0.2, 0.25) is 6.41 Å². The number of amides is 1. The Morgan fingerprint density at radius 2 is 1.82 bits per heavy atom. The molecule has 2 aliphatic rings. The van der Waals surface area contributed by atoms with E-state index >= 15 is 0 Å². The molecule has 5 nitrogen and oxygen atoms in total. The fraction of sp³-hybridized carbons (Fsp3) is 0.393. The van der Waals surface area contributed by atoms with Gasteiger partial charge in [-0.1, -0.05) is 56.7 Å². The van der Waals surface area contributed by atoms with Gasteiger partial charge < -0.3 is 5.32 Å². The Hall–Kier alpha value is -2.86. The molecule has 178 valence electrons. The summed E-state index contributed by atoms with van der Waals surface area (Å²) in [6.07, 6.45) is 6.43. The summed E-state index contributed by atoms with van der Waals surface area (Å²) in [5.74, 6) is 0.234. The second-order valence-electron chi connectivity index (χ2n) is 10.8. The summed E-state index contributed by atoms with van der Waals surface area (Å²) < 4.78 is 29.1. The van der Waals surface area contributed by atoms with E-state index in [0.29, 0.717) is 5.52 Å². The minimum Gasteiger partial charge on any atom is -0.354 e. The van der Waals surface area contributed by atoms with Crippen molar-refractivity contribution in [2.75, 3.05) is 0 Å². The largest absolute Gasteiger partial charge is 0.354 e. The second kappa shape index (κ2) is 7.57. The molecule has 3 aromatic rings. The van der Waals surface area contributed by atoms with E-state index in [1.165, 1.54) is 9.54 Å². The third-order valence-corrected chi connectivity index (χ3v) is 10.3. The number of fused-ring (bicyclic) bond motifs is 2. The summed E-state index contributed by atoms with van der Waals surface area (Å²) in [5, 5.41) is 4.11. The summed E-state index contributed by atoms with van der Waals surface area (Å²) in [6.45, 7) is 12.7. The molecule has 0 radical (unpaired) electrons. The molecule has 1 N–H and O–H groups in total. The smallest absolute Gasteiger partial charge is 0.268 e. The first-order chi connectivity index (χ1) is 16.1. The quantitative estimate of drug-likeness (QED) is 0.402. The Labute approximate surface area is 201 Å². The highest BCUT2D eigenvalue weighted by atomic mass is 32.2. The zero-order chi connectivity index (χ0) is 24.5. The third-order valence-electron chi connectivity index (χ3n) is 8.59. The van der Waals surface area contributed by atoms with Crippen LogP contribution in [-0.4, -0.2) is 24.8 Å². The van der Waals surface area contributed by atoms with Gasteiger partial charge in [0.05, 0.1) is 10.4 Å². The monoisotopic (exact) mass is 476 g/mol. The van der Waals surface area contributed by atoms with Crippen molar-refractivity contribution in [3.05, 3.63) is 78.0 Å². The first-order valence-corrected chi connectivity index (χ1v) is 13.3. The molecule has 2 aromatic carbocycles. The highest BCUT2D eigenvalue weighted by Crippen LogP contribution is 2.59. The van der Waals surface area contributed by atoms with Crippen molar-refractivity contribution in [2.45, 2.75) is 62.8 Å². The van der Waals surface area contributed by atoms with Crippen LogP contribution >= 0.6 is 0 Å². The number of aromatic nitrogens is 1. The average Bonchev–Trinajstić information content (AvgIpc) is 3.20. The molecule has 1 amide bonds. The van der Waals surface area contributed by atoms with Crippen molar-refractivity contribution in [3.63, 3.8) is 0 Å². The van der Waals surface area contributed by atoms with Gasteiger partial charge in [-0.15, -0.1) is 6.58 Å². The Balaban J connectivity index is 1.81. The van der Waals surface area contributed by atoms with Crippen LogP contribution in [0, 0.1) is 18.3 Å². The SMILES string of the molecule is C=C[C@@]1(C)CC[C@@H]2[C@H](c3cn(S(=O)(=O)c4ccc(C)cc4)c4cccc(c34)C2(C)C)[C@@H]1NC=O. The molecule has 0 aliphatic heterocycles. The van der Waals surface area contributed by atoms with Crippen LogP contribution in [0.4, 0.5) is 0 Å². The molecule has 1 heterocycles. The van der Waals surface area contributed by atoms with Crippen LogP contribution in [0.15, 0.2) is 66.2 Å². The number of hydrogen-bond donors (Lipinski definition) is 1. The summed E-state index contributed by atoms with van der Waals surface area (Å²) in [6, 6.07) is 12.8. The van der Waals surface area contributed by atoms with Crippen molar-refractivity contribution >= 4 is 27.3 Å². The lowest BCUT2D eigenvalue weighted by atomic mass is 9.51. The molecule has 0 saturated heterocycles. The van der Waals surface area contributed by atoms with E-state index in [1.54, 1.807) is 12.1 Å². The topological polar surface area (TPSA) is 68.2 Å².